The number of hydrogen-bond acceptors (Lipinski definition) is 2. The standard InChI is InChI=1S/C9H6BrNO/c1-2-9(12)7-4-3-6(11)5-8(7)10/h1,3-5H,11H2. The maximum Gasteiger partial charge on any atom is 0.236 e. The minimum Gasteiger partial charge on any atom is -0.399 e. The molecule has 0 fully saturated rings. The van der Waals surface area contributed by atoms with E-state index >= 15 is 0 Å². The third-order valence-electron chi connectivity index (χ3n) is 1.37. The van der Waals surface area contributed by atoms with Gasteiger partial charge in [0.1, 0.15) is 0 Å². The van der Waals surface area contributed by atoms with Crippen molar-refractivity contribution in [3.63, 3.8) is 0 Å². The predicted octanol–water partition coefficient (Wildman–Crippen LogP) is 1.85. The summed E-state index contributed by atoms with van der Waals surface area (Å²) in [4.78, 5) is 11.0. The van der Waals surface area contributed by atoms with Gasteiger partial charge in [-0.2, -0.15) is 0 Å². The highest BCUT2D eigenvalue weighted by Crippen LogP contribution is 2.19. The van der Waals surface area contributed by atoms with Crippen molar-refractivity contribution < 1.29 is 4.79 Å². The molecule has 2 nitrogen and oxygen atoms in total. The van der Waals surface area contributed by atoms with Gasteiger partial charge in [0, 0.05) is 15.7 Å². The number of halogens is 1. The maximum atomic E-state index is 11.0. The van der Waals surface area contributed by atoms with E-state index in [1.54, 1.807) is 18.2 Å². The molecule has 60 valence electrons. The highest BCUT2D eigenvalue weighted by molar-refractivity contribution is 9.10. The van der Waals surface area contributed by atoms with Gasteiger partial charge in [0.25, 0.3) is 0 Å². The van der Waals surface area contributed by atoms with Crippen LogP contribution in [0.25, 0.3) is 0 Å². The van der Waals surface area contributed by atoms with Crippen LogP contribution in [-0.2, 0) is 0 Å². The molecule has 0 saturated heterocycles. The molecule has 0 aliphatic heterocycles. The Morgan fingerprint density at radius 1 is 1.58 bits per heavy atom. The molecular weight excluding hydrogens is 218 g/mol. The topological polar surface area (TPSA) is 43.1 Å². The van der Waals surface area contributed by atoms with Crippen molar-refractivity contribution in [2.24, 2.45) is 0 Å². The van der Waals surface area contributed by atoms with Crippen LogP contribution in [0.3, 0.4) is 0 Å². The van der Waals surface area contributed by atoms with Crippen molar-refractivity contribution in [3.05, 3.63) is 28.2 Å². The monoisotopic (exact) mass is 223 g/mol. The average Bonchev–Trinajstić information content (AvgIpc) is 2.03. The summed E-state index contributed by atoms with van der Waals surface area (Å²) in [5.41, 5.74) is 6.53. The SMILES string of the molecule is C#CC(=O)c1ccc(N)cc1Br. The van der Waals surface area contributed by atoms with Gasteiger partial charge >= 0.3 is 0 Å². The summed E-state index contributed by atoms with van der Waals surface area (Å²) in [5, 5.41) is 0. The summed E-state index contributed by atoms with van der Waals surface area (Å²) in [6, 6.07) is 4.88. The van der Waals surface area contributed by atoms with Crippen molar-refractivity contribution in [3.8, 4) is 12.3 Å². The molecule has 3 heteroatoms. The van der Waals surface area contributed by atoms with E-state index in [-0.39, 0.29) is 5.78 Å². The van der Waals surface area contributed by atoms with Gasteiger partial charge in [0.15, 0.2) is 0 Å². The number of nitrogens with two attached hydrogens (primary N) is 1. The van der Waals surface area contributed by atoms with Crippen LogP contribution in [0, 0.1) is 12.3 Å². The van der Waals surface area contributed by atoms with Gasteiger partial charge in [-0.3, -0.25) is 4.79 Å². The van der Waals surface area contributed by atoms with Crippen LogP contribution in [0.5, 0.6) is 0 Å². The summed E-state index contributed by atoms with van der Waals surface area (Å²) in [7, 11) is 0. The van der Waals surface area contributed by atoms with Crippen molar-refractivity contribution in [2.45, 2.75) is 0 Å². The van der Waals surface area contributed by atoms with Crippen molar-refractivity contribution in [1.29, 1.82) is 0 Å². The molecule has 0 bridgehead atoms. The number of carbonyl (C=O) groups excluding carboxylic acids is 1. The Kier molecular flexibility index (Phi) is 2.51. The first-order chi connectivity index (χ1) is 5.65. The molecule has 0 atom stereocenters. The molecule has 0 radical (unpaired) electrons. The lowest BCUT2D eigenvalue weighted by atomic mass is 10.1. The van der Waals surface area contributed by atoms with E-state index in [0.29, 0.717) is 15.7 Å². The Hall–Kier alpha value is -1.27. The number of anilines is 1. The van der Waals surface area contributed by atoms with Gasteiger partial charge in [-0.15, -0.1) is 6.42 Å². The minimum absolute atomic E-state index is 0.345. The summed E-state index contributed by atoms with van der Waals surface area (Å²) in [6.07, 6.45) is 4.96. The highest BCUT2D eigenvalue weighted by Gasteiger charge is 2.06. The largest absolute Gasteiger partial charge is 0.399 e. The number of nitrogen functional groups attached to an aromatic ring is 1. The Morgan fingerprint density at radius 2 is 2.25 bits per heavy atom. The van der Waals surface area contributed by atoms with E-state index in [2.05, 4.69) is 15.9 Å². The lowest BCUT2D eigenvalue weighted by molar-refractivity contribution is 0.105. The van der Waals surface area contributed by atoms with Crippen LogP contribution in [0.4, 0.5) is 5.69 Å². The van der Waals surface area contributed by atoms with Crippen LogP contribution in [-0.4, -0.2) is 5.78 Å². The average molecular weight is 224 g/mol. The fourth-order valence-electron chi connectivity index (χ4n) is 0.793. The zero-order valence-corrected chi connectivity index (χ0v) is 7.76. The second-order valence-electron chi connectivity index (χ2n) is 2.21. The molecular formula is C9H6BrNO. The van der Waals surface area contributed by atoms with Gasteiger partial charge in [0.05, 0.1) is 0 Å². The van der Waals surface area contributed by atoms with Gasteiger partial charge in [-0.1, -0.05) is 0 Å². The summed E-state index contributed by atoms with van der Waals surface area (Å²) < 4.78 is 0.630. The first-order valence-electron chi connectivity index (χ1n) is 3.21. The first-order valence-corrected chi connectivity index (χ1v) is 4.00. The number of benzene rings is 1. The number of Topliss-reactive ketones (excluding diaryl/α,β-unsaturated/α-hetero) is 1. The van der Waals surface area contributed by atoms with E-state index in [1.165, 1.54) is 0 Å². The number of ketones is 1. The fourth-order valence-corrected chi connectivity index (χ4v) is 1.37. The van der Waals surface area contributed by atoms with Crippen molar-refractivity contribution in [2.75, 3.05) is 5.73 Å². The lowest BCUT2D eigenvalue weighted by Crippen LogP contribution is -1.96. The number of rotatable bonds is 1. The Balaban J connectivity index is 3.20. The Bertz CT molecular complexity index is 365. The van der Waals surface area contributed by atoms with Crippen LogP contribution < -0.4 is 5.73 Å². The fraction of sp³-hybridized carbons (Fsp3) is 0. The molecule has 0 unspecified atom stereocenters. The molecule has 0 spiro atoms. The zero-order chi connectivity index (χ0) is 9.14. The van der Waals surface area contributed by atoms with Crippen LogP contribution >= 0.6 is 15.9 Å². The van der Waals surface area contributed by atoms with E-state index in [4.69, 9.17) is 12.2 Å². The van der Waals surface area contributed by atoms with Crippen LogP contribution in [0.15, 0.2) is 22.7 Å². The molecule has 1 aromatic rings. The van der Waals surface area contributed by atoms with Gasteiger partial charge < -0.3 is 5.73 Å². The number of terminal acetylenes is 1. The van der Waals surface area contributed by atoms with E-state index in [9.17, 15) is 4.79 Å². The Morgan fingerprint density at radius 3 is 2.75 bits per heavy atom. The smallest absolute Gasteiger partial charge is 0.236 e. The normalized spacial score (nSPS) is 9.00. The molecule has 1 aromatic carbocycles. The molecule has 2 N–H and O–H groups in total. The summed E-state index contributed by atoms with van der Waals surface area (Å²) in [5.74, 6) is 1.69. The Labute approximate surface area is 78.9 Å². The summed E-state index contributed by atoms with van der Waals surface area (Å²) in [6.45, 7) is 0. The first kappa shape index (κ1) is 8.82. The highest BCUT2D eigenvalue weighted by atomic mass is 79.9. The molecule has 0 saturated carbocycles. The third kappa shape index (κ3) is 1.66. The van der Waals surface area contributed by atoms with Crippen LogP contribution in [0.1, 0.15) is 10.4 Å². The quantitative estimate of drug-likeness (QED) is 0.342. The lowest BCUT2D eigenvalue weighted by Gasteiger charge is -1.99. The molecule has 0 aliphatic carbocycles. The molecule has 1 rings (SSSR count). The summed E-state index contributed by atoms with van der Waals surface area (Å²) >= 11 is 3.19. The van der Waals surface area contributed by atoms with Gasteiger partial charge in [0.2, 0.25) is 5.78 Å². The van der Waals surface area contributed by atoms with Crippen molar-refractivity contribution in [1.82, 2.24) is 0 Å². The third-order valence-corrected chi connectivity index (χ3v) is 2.02. The van der Waals surface area contributed by atoms with E-state index < -0.39 is 0 Å². The maximum absolute atomic E-state index is 11.0. The minimum atomic E-state index is -0.345. The molecule has 12 heavy (non-hydrogen) atoms. The number of hydrogen-bond donors (Lipinski definition) is 1. The number of carbonyl (C=O) groups is 1. The molecule has 0 aliphatic rings. The van der Waals surface area contributed by atoms with Gasteiger partial charge in [-0.05, 0) is 40.0 Å². The molecule has 0 amide bonds. The van der Waals surface area contributed by atoms with Crippen LogP contribution in [0.2, 0.25) is 0 Å². The van der Waals surface area contributed by atoms with E-state index in [1.807, 2.05) is 5.92 Å². The second kappa shape index (κ2) is 3.42. The molecule has 0 aromatic heterocycles. The predicted molar refractivity (Wildman–Crippen MR) is 51.7 cm³/mol. The second-order valence-corrected chi connectivity index (χ2v) is 3.07. The zero-order valence-electron chi connectivity index (χ0n) is 6.17. The molecule has 0 heterocycles. The van der Waals surface area contributed by atoms with Crippen molar-refractivity contribution >= 4 is 27.4 Å². The van der Waals surface area contributed by atoms with E-state index in [0.717, 1.165) is 0 Å². The van der Waals surface area contributed by atoms with Gasteiger partial charge in [-0.25, -0.2) is 0 Å².